The Labute approximate surface area is 63.0 Å². The molecule has 0 aliphatic rings. The summed E-state index contributed by atoms with van der Waals surface area (Å²) in [5.41, 5.74) is 9.95. The van der Waals surface area contributed by atoms with Crippen LogP contribution in [0.25, 0.3) is 0 Å². The maximum absolute atomic E-state index is 8.32. The molecule has 10 heavy (non-hydrogen) atoms. The van der Waals surface area contributed by atoms with E-state index in [1.54, 1.807) is 0 Å². The largest absolute Gasteiger partial charge is 0.396 e. The Morgan fingerprint density at radius 2 is 2.20 bits per heavy atom. The molecule has 0 aliphatic carbocycles. The van der Waals surface area contributed by atoms with Crippen molar-refractivity contribution in [2.45, 2.75) is 0 Å². The molecule has 0 saturated carbocycles. The zero-order valence-electron chi connectivity index (χ0n) is 5.37. The Morgan fingerprint density at radius 1 is 1.60 bits per heavy atom. The maximum Gasteiger partial charge on any atom is 0.193 e. The van der Waals surface area contributed by atoms with Crippen LogP contribution in [0.2, 0.25) is 0 Å². The van der Waals surface area contributed by atoms with Gasteiger partial charge >= 0.3 is 0 Å². The number of hydrogen-bond acceptors (Lipinski definition) is 3. The van der Waals surface area contributed by atoms with Crippen molar-refractivity contribution >= 4 is 22.9 Å². The maximum atomic E-state index is 8.32. The van der Waals surface area contributed by atoms with Crippen molar-refractivity contribution in [3.63, 3.8) is 0 Å². The van der Waals surface area contributed by atoms with Crippen molar-refractivity contribution in [1.29, 1.82) is 5.41 Å². The Kier molecular flexibility index (Phi) is 4.69. The first kappa shape index (κ1) is 9.25. The lowest BCUT2D eigenvalue weighted by molar-refractivity contribution is 0.323. The van der Waals surface area contributed by atoms with Crippen LogP contribution in [0.5, 0.6) is 0 Å². The molecule has 0 bridgehead atoms. The fraction of sp³-hybridized carbons (Fsp3) is 0.500. The molecule has 6 N–H and O–H groups in total. The van der Waals surface area contributed by atoms with Crippen LogP contribution in [0.15, 0.2) is 4.99 Å². The summed E-state index contributed by atoms with van der Waals surface area (Å²) >= 11 is 1.09. The summed E-state index contributed by atoms with van der Waals surface area (Å²) in [4.78, 5) is 3.42. The van der Waals surface area contributed by atoms with Gasteiger partial charge in [0.05, 0.1) is 6.61 Å². The van der Waals surface area contributed by atoms with Crippen LogP contribution in [0.3, 0.4) is 0 Å². The van der Waals surface area contributed by atoms with Gasteiger partial charge in [-0.25, -0.2) is 0 Å². The van der Waals surface area contributed by atoms with Crippen molar-refractivity contribution in [1.82, 2.24) is 0 Å². The topological polar surface area (TPSA) is 108 Å². The molecule has 0 spiro atoms. The van der Waals surface area contributed by atoms with E-state index in [9.17, 15) is 0 Å². The van der Waals surface area contributed by atoms with Gasteiger partial charge in [-0.2, -0.15) is 4.99 Å². The van der Waals surface area contributed by atoms with Crippen LogP contribution in [-0.2, 0) is 0 Å². The first-order chi connectivity index (χ1) is 4.66. The minimum atomic E-state index is -0.129. The third kappa shape index (κ3) is 5.39. The molecular weight excluding hydrogens is 152 g/mol. The smallest absolute Gasteiger partial charge is 0.193 e. The van der Waals surface area contributed by atoms with Gasteiger partial charge in [0.25, 0.3) is 0 Å². The molecule has 0 aromatic carbocycles. The fourth-order valence-electron chi connectivity index (χ4n) is 0.292. The Balaban J connectivity index is 3.54. The molecule has 5 nitrogen and oxygen atoms in total. The summed E-state index contributed by atoms with van der Waals surface area (Å²) in [6.07, 6.45) is 0. The van der Waals surface area contributed by atoms with Crippen molar-refractivity contribution in [2.24, 2.45) is 16.5 Å². The van der Waals surface area contributed by atoms with E-state index in [4.69, 9.17) is 22.0 Å². The number of nitrogens with two attached hydrogens (primary N) is 2. The summed E-state index contributed by atoms with van der Waals surface area (Å²) in [7, 11) is 0. The number of rotatable bonds is 2. The third-order valence-corrected chi connectivity index (χ3v) is 1.31. The second-order valence-electron chi connectivity index (χ2n) is 1.41. The molecule has 0 aromatic heterocycles. The van der Waals surface area contributed by atoms with Gasteiger partial charge in [-0.3, -0.25) is 5.41 Å². The molecule has 0 rings (SSSR count). The highest BCUT2D eigenvalue weighted by atomic mass is 32.2. The van der Waals surface area contributed by atoms with Gasteiger partial charge in [0, 0.05) is 5.75 Å². The van der Waals surface area contributed by atoms with Gasteiger partial charge < -0.3 is 16.6 Å². The molecule has 58 valence electrons. The molecule has 0 radical (unpaired) electrons. The van der Waals surface area contributed by atoms with Gasteiger partial charge in [0.1, 0.15) is 0 Å². The normalized spacial score (nSPS) is 8.90. The minimum Gasteiger partial charge on any atom is -0.396 e. The molecule has 0 atom stereocenters. The Bertz CT molecular complexity index is 142. The average molecular weight is 162 g/mol. The molecule has 6 heteroatoms. The molecule has 0 amide bonds. The summed E-state index contributed by atoms with van der Waals surface area (Å²) in [5.74, 6) is 0.311. The second-order valence-corrected chi connectivity index (χ2v) is 2.50. The second kappa shape index (κ2) is 5.07. The van der Waals surface area contributed by atoms with E-state index in [0.717, 1.165) is 11.8 Å². The predicted molar refractivity (Wildman–Crippen MR) is 43.1 cm³/mol. The zero-order valence-corrected chi connectivity index (χ0v) is 6.19. The van der Waals surface area contributed by atoms with E-state index < -0.39 is 0 Å². The number of nitrogens with zero attached hydrogens (tertiary/aromatic N) is 1. The highest BCUT2D eigenvalue weighted by molar-refractivity contribution is 8.13. The first-order valence-corrected chi connectivity index (χ1v) is 3.57. The molecule has 0 unspecified atom stereocenters. The van der Waals surface area contributed by atoms with Crippen LogP contribution in [0.1, 0.15) is 0 Å². The van der Waals surface area contributed by atoms with E-state index in [1.165, 1.54) is 0 Å². The van der Waals surface area contributed by atoms with Gasteiger partial charge in [-0.05, 0) is 0 Å². The predicted octanol–water partition coefficient (Wildman–Crippen LogP) is -1.08. The van der Waals surface area contributed by atoms with Crippen molar-refractivity contribution in [2.75, 3.05) is 12.4 Å². The van der Waals surface area contributed by atoms with Crippen LogP contribution < -0.4 is 11.5 Å². The van der Waals surface area contributed by atoms with Gasteiger partial charge in [0.15, 0.2) is 11.1 Å². The molecule has 0 aromatic rings. The number of amidine groups is 1. The van der Waals surface area contributed by atoms with Crippen LogP contribution in [0.4, 0.5) is 0 Å². The van der Waals surface area contributed by atoms with Crippen molar-refractivity contribution in [3.8, 4) is 0 Å². The number of hydrogen-bond donors (Lipinski definition) is 4. The van der Waals surface area contributed by atoms with E-state index in [-0.39, 0.29) is 17.7 Å². The lowest BCUT2D eigenvalue weighted by Gasteiger charge is -1.94. The van der Waals surface area contributed by atoms with Gasteiger partial charge in [-0.15, -0.1) is 0 Å². The first-order valence-electron chi connectivity index (χ1n) is 2.58. The number of guanidine groups is 1. The summed E-state index contributed by atoms with van der Waals surface area (Å²) in [6.45, 7) is 0.0209. The summed E-state index contributed by atoms with van der Waals surface area (Å²) in [6, 6.07) is 0. The molecule has 0 aliphatic heterocycles. The van der Waals surface area contributed by atoms with Gasteiger partial charge in [-0.1, -0.05) is 11.8 Å². The lowest BCUT2D eigenvalue weighted by atomic mass is 10.9. The molecule has 0 saturated heterocycles. The Hall–Kier alpha value is -0.750. The van der Waals surface area contributed by atoms with Crippen molar-refractivity contribution in [3.05, 3.63) is 0 Å². The quantitative estimate of drug-likeness (QED) is 0.306. The average Bonchev–Trinajstić information content (AvgIpc) is 1.82. The van der Waals surface area contributed by atoms with E-state index in [1.807, 2.05) is 0 Å². The highest BCUT2D eigenvalue weighted by Crippen LogP contribution is 2.00. The highest BCUT2D eigenvalue weighted by Gasteiger charge is 1.93. The number of thioether (sulfide) groups is 1. The van der Waals surface area contributed by atoms with E-state index in [0.29, 0.717) is 5.75 Å². The fourth-order valence-corrected chi connectivity index (χ4v) is 0.746. The van der Waals surface area contributed by atoms with Crippen molar-refractivity contribution < 1.29 is 5.11 Å². The summed E-state index contributed by atoms with van der Waals surface area (Å²) in [5, 5.41) is 15.4. The van der Waals surface area contributed by atoms with Crippen LogP contribution in [0, 0.1) is 5.41 Å². The summed E-state index contributed by atoms with van der Waals surface area (Å²) < 4.78 is 0. The van der Waals surface area contributed by atoms with Crippen LogP contribution >= 0.6 is 11.8 Å². The number of aliphatic hydroxyl groups is 1. The monoisotopic (exact) mass is 162 g/mol. The molecule has 0 heterocycles. The van der Waals surface area contributed by atoms with Gasteiger partial charge in [0.2, 0.25) is 0 Å². The minimum absolute atomic E-state index is 0.0209. The molecular formula is C4H10N4OS. The number of nitrogens with one attached hydrogen (secondary N) is 1. The Morgan fingerprint density at radius 3 is 2.60 bits per heavy atom. The van der Waals surface area contributed by atoms with E-state index >= 15 is 0 Å². The third-order valence-electron chi connectivity index (χ3n) is 0.561. The van der Waals surface area contributed by atoms with Crippen LogP contribution in [-0.4, -0.2) is 28.6 Å². The lowest BCUT2D eigenvalue weighted by Crippen LogP contribution is -2.23. The zero-order chi connectivity index (χ0) is 7.98. The molecule has 0 fully saturated rings. The number of aliphatic imine (C=N–C) groups is 1. The standard InChI is InChI=1S/C4H10N4OS/c5-3(6)8-4(7)10-2-1-9/h9H,1-2H2,(H5,5,6,7,8). The number of aliphatic hydroxyl groups excluding tert-OH is 1. The van der Waals surface area contributed by atoms with E-state index in [2.05, 4.69) is 4.99 Å². The SMILES string of the molecule is N=C(N=C(N)N)SCCO.